The minimum atomic E-state index is -4.39. The zero-order valence-corrected chi connectivity index (χ0v) is 17.9. The summed E-state index contributed by atoms with van der Waals surface area (Å²) in [5, 5.41) is 4.70. The lowest BCUT2D eigenvalue weighted by atomic mass is 10.1. The van der Waals surface area contributed by atoms with Crippen molar-refractivity contribution in [1.82, 2.24) is 15.3 Å². The second-order valence-corrected chi connectivity index (χ2v) is 8.36. The largest absolute Gasteiger partial charge is 0.458 e. The molecule has 32 heavy (non-hydrogen) atoms. The number of anilines is 1. The van der Waals surface area contributed by atoms with Gasteiger partial charge in [0.25, 0.3) is 5.91 Å². The molecule has 0 aliphatic carbocycles. The lowest BCUT2D eigenvalue weighted by molar-refractivity contribution is -0.137. The van der Waals surface area contributed by atoms with Gasteiger partial charge in [0, 0.05) is 30.7 Å². The predicted molar refractivity (Wildman–Crippen MR) is 115 cm³/mol. The molecule has 3 aromatic rings. The van der Waals surface area contributed by atoms with Crippen LogP contribution in [0, 0.1) is 0 Å². The second-order valence-electron chi connectivity index (χ2n) is 7.33. The van der Waals surface area contributed by atoms with Gasteiger partial charge in [-0.05, 0) is 42.0 Å². The average molecular weight is 462 g/mol. The maximum absolute atomic E-state index is 12.8. The Hall–Kier alpha value is -3.14. The second kappa shape index (κ2) is 9.56. The number of rotatable bonds is 7. The Morgan fingerprint density at radius 1 is 1.16 bits per heavy atom. The fraction of sp³-hybridized carbons (Fsp3) is 0.318. The number of amides is 1. The van der Waals surface area contributed by atoms with E-state index in [4.69, 9.17) is 4.74 Å². The van der Waals surface area contributed by atoms with Gasteiger partial charge in [-0.1, -0.05) is 18.2 Å². The third-order valence-electron chi connectivity index (χ3n) is 5.05. The third-order valence-corrected chi connectivity index (χ3v) is 5.90. The summed E-state index contributed by atoms with van der Waals surface area (Å²) in [4.78, 5) is 24.6. The maximum Gasteiger partial charge on any atom is 0.416 e. The lowest BCUT2D eigenvalue weighted by Crippen LogP contribution is -2.28. The molecule has 168 valence electrons. The minimum absolute atomic E-state index is 0.0903. The molecule has 1 fully saturated rings. The van der Waals surface area contributed by atoms with Crippen LogP contribution in [-0.4, -0.2) is 29.0 Å². The van der Waals surface area contributed by atoms with Gasteiger partial charge in [0.15, 0.2) is 0 Å². The number of carbonyl (C=O) groups excluding carboxylic acids is 1. The topological polar surface area (TPSA) is 67.3 Å². The Bertz CT molecular complexity index is 1050. The molecule has 1 aliphatic heterocycles. The van der Waals surface area contributed by atoms with Crippen LogP contribution in [0.5, 0.6) is 6.01 Å². The highest BCUT2D eigenvalue weighted by Gasteiger charge is 2.30. The summed E-state index contributed by atoms with van der Waals surface area (Å²) in [5.41, 5.74) is 0.142. The average Bonchev–Trinajstić information content (AvgIpc) is 3.50. The van der Waals surface area contributed by atoms with Gasteiger partial charge in [-0.2, -0.15) is 18.2 Å². The highest BCUT2D eigenvalue weighted by molar-refractivity contribution is 7.09. The molecule has 0 radical (unpaired) electrons. The molecule has 1 saturated heterocycles. The van der Waals surface area contributed by atoms with Crippen molar-refractivity contribution in [3.05, 3.63) is 69.5 Å². The number of aromatic nitrogens is 2. The number of hydrogen-bond acceptors (Lipinski definition) is 6. The molecule has 0 saturated carbocycles. The van der Waals surface area contributed by atoms with E-state index in [1.165, 1.54) is 18.3 Å². The van der Waals surface area contributed by atoms with Gasteiger partial charge in [-0.3, -0.25) is 4.79 Å². The van der Waals surface area contributed by atoms with E-state index in [-0.39, 0.29) is 12.6 Å². The van der Waals surface area contributed by atoms with Gasteiger partial charge in [0.2, 0.25) is 0 Å². The standard InChI is InChI=1S/C22H21F3N4O2S/c23-22(24,25)16-7-5-15(6-8-16)12-26-20(30)18-13-27-21(31-14-17-4-3-11-32-17)28-19(18)29-9-1-2-10-29/h3-8,11,13H,1-2,9-10,12,14H2,(H,26,30). The fourth-order valence-electron chi connectivity index (χ4n) is 3.38. The summed E-state index contributed by atoms with van der Waals surface area (Å²) in [6.45, 7) is 1.99. The van der Waals surface area contributed by atoms with Crippen LogP contribution >= 0.6 is 11.3 Å². The van der Waals surface area contributed by atoms with Crippen molar-refractivity contribution in [3.63, 3.8) is 0 Å². The van der Waals surface area contributed by atoms with Crippen molar-refractivity contribution in [2.75, 3.05) is 18.0 Å². The highest BCUT2D eigenvalue weighted by atomic mass is 32.1. The Morgan fingerprint density at radius 2 is 1.91 bits per heavy atom. The Balaban J connectivity index is 1.46. The Labute approximate surface area is 187 Å². The highest BCUT2D eigenvalue weighted by Crippen LogP contribution is 2.29. The summed E-state index contributed by atoms with van der Waals surface area (Å²) >= 11 is 1.57. The molecule has 2 aromatic heterocycles. The van der Waals surface area contributed by atoms with Gasteiger partial charge in [0.1, 0.15) is 18.0 Å². The first-order valence-electron chi connectivity index (χ1n) is 10.1. The first-order valence-corrected chi connectivity index (χ1v) is 11.0. The number of nitrogens with zero attached hydrogens (tertiary/aromatic N) is 3. The van der Waals surface area contributed by atoms with E-state index in [0.29, 0.717) is 23.6 Å². The fourth-order valence-corrected chi connectivity index (χ4v) is 3.99. The van der Waals surface area contributed by atoms with Gasteiger partial charge >= 0.3 is 12.2 Å². The number of nitrogens with one attached hydrogen (secondary N) is 1. The van der Waals surface area contributed by atoms with Crippen LogP contribution in [0.1, 0.15) is 39.2 Å². The maximum atomic E-state index is 12.8. The van der Waals surface area contributed by atoms with Crippen LogP contribution in [0.2, 0.25) is 0 Å². The molecule has 0 spiro atoms. The quantitative estimate of drug-likeness (QED) is 0.553. The summed E-state index contributed by atoms with van der Waals surface area (Å²) < 4.78 is 43.8. The zero-order valence-electron chi connectivity index (χ0n) is 17.1. The molecule has 0 atom stereocenters. The molecule has 0 bridgehead atoms. The number of ether oxygens (including phenoxy) is 1. The summed E-state index contributed by atoms with van der Waals surface area (Å²) in [7, 11) is 0. The van der Waals surface area contributed by atoms with Crippen LogP contribution in [0.25, 0.3) is 0 Å². The number of carbonyl (C=O) groups is 1. The normalized spacial score (nSPS) is 13.9. The van der Waals surface area contributed by atoms with Crippen molar-refractivity contribution in [3.8, 4) is 6.01 Å². The molecule has 1 amide bonds. The Morgan fingerprint density at radius 3 is 2.56 bits per heavy atom. The lowest BCUT2D eigenvalue weighted by Gasteiger charge is -2.20. The van der Waals surface area contributed by atoms with E-state index in [1.807, 2.05) is 22.4 Å². The van der Waals surface area contributed by atoms with Crippen LogP contribution in [0.4, 0.5) is 19.0 Å². The molecular weight excluding hydrogens is 441 g/mol. The van der Waals surface area contributed by atoms with Crippen molar-refractivity contribution in [1.29, 1.82) is 0 Å². The van der Waals surface area contributed by atoms with E-state index in [1.54, 1.807) is 11.3 Å². The molecule has 1 aliphatic rings. The van der Waals surface area contributed by atoms with Crippen molar-refractivity contribution in [2.45, 2.75) is 32.2 Å². The van der Waals surface area contributed by atoms with Crippen LogP contribution in [-0.2, 0) is 19.3 Å². The smallest absolute Gasteiger partial charge is 0.416 e. The first kappa shape index (κ1) is 22.1. The summed E-state index contributed by atoms with van der Waals surface area (Å²) in [6.07, 6.45) is -0.951. The van der Waals surface area contributed by atoms with Crippen molar-refractivity contribution in [2.24, 2.45) is 0 Å². The molecule has 4 rings (SSSR count). The number of thiophene rings is 1. The van der Waals surface area contributed by atoms with Crippen LogP contribution in [0.3, 0.4) is 0 Å². The molecule has 0 unspecified atom stereocenters. The van der Waals surface area contributed by atoms with Crippen LogP contribution < -0.4 is 15.0 Å². The minimum Gasteiger partial charge on any atom is -0.458 e. The third kappa shape index (κ3) is 5.37. The zero-order chi connectivity index (χ0) is 22.6. The van der Waals surface area contributed by atoms with Gasteiger partial charge in [-0.15, -0.1) is 11.3 Å². The summed E-state index contributed by atoms with van der Waals surface area (Å²) in [6, 6.07) is 8.78. The van der Waals surface area contributed by atoms with Gasteiger partial charge in [0.05, 0.1) is 5.56 Å². The number of halogens is 3. The van der Waals surface area contributed by atoms with Gasteiger partial charge < -0.3 is 15.0 Å². The van der Waals surface area contributed by atoms with Crippen molar-refractivity contribution >= 4 is 23.1 Å². The molecule has 10 heteroatoms. The van der Waals surface area contributed by atoms with E-state index in [9.17, 15) is 18.0 Å². The van der Waals surface area contributed by atoms with E-state index < -0.39 is 17.6 Å². The monoisotopic (exact) mass is 462 g/mol. The van der Waals surface area contributed by atoms with Gasteiger partial charge in [-0.25, -0.2) is 4.98 Å². The number of alkyl halides is 3. The summed E-state index contributed by atoms with van der Waals surface area (Å²) in [5.74, 6) is 0.111. The molecule has 3 heterocycles. The van der Waals surface area contributed by atoms with Crippen molar-refractivity contribution < 1.29 is 22.7 Å². The molecule has 6 nitrogen and oxygen atoms in total. The SMILES string of the molecule is O=C(NCc1ccc(C(F)(F)F)cc1)c1cnc(OCc2cccs2)nc1N1CCCC1. The number of benzene rings is 1. The Kier molecular flexibility index (Phi) is 6.59. The molecular formula is C22H21F3N4O2S. The van der Waals surface area contributed by atoms with E-state index in [0.717, 1.165) is 42.9 Å². The number of hydrogen-bond donors (Lipinski definition) is 1. The van der Waals surface area contributed by atoms with E-state index in [2.05, 4.69) is 15.3 Å². The predicted octanol–water partition coefficient (Wildman–Crippen LogP) is 4.67. The van der Waals surface area contributed by atoms with E-state index >= 15 is 0 Å². The first-order chi connectivity index (χ1) is 15.4. The molecule has 1 N–H and O–H groups in total. The molecule has 1 aromatic carbocycles. The van der Waals surface area contributed by atoms with Crippen LogP contribution in [0.15, 0.2) is 48.0 Å².